The van der Waals surface area contributed by atoms with E-state index in [1.165, 1.54) is 11.3 Å². The molecule has 0 amide bonds. The molecule has 0 fully saturated rings. The van der Waals surface area contributed by atoms with E-state index in [9.17, 15) is 9.59 Å². The Labute approximate surface area is 234 Å². The zero-order chi connectivity index (χ0) is 27.6. The second-order valence-electron chi connectivity index (χ2n) is 9.38. The molecule has 3 aromatic rings. The van der Waals surface area contributed by atoms with Gasteiger partial charge in [0.05, 0.1) is 45.1 Å². The Bertz CT molecular complexity index is 1550. The minimum absolute atomic E-state index is 0.0298. The van der Waals surface area contributed by atoms with Crippen LogP contribution in [0.25, 0.3) is 6.08 Å². The van der Waals surface area contributed by atoms with Crippen molar-refractivity contribution in [2.45, 2.75) is 59.8 Å². The molecule has 2 heterocycles. The van der Waals surface area contributed by atoms with Crippen molar-refractivity contribution in [3.8, 4) is 11.5 Å². The topological polar surface area (TPSA) is 79.1 Å². The molecule has 1 aromatic heterocycles. The number of ether oxygens (including phenoxy) is 3. The van der Waals surface area contributed by atoms with Crippen LogP contribution in [-0.2, 0) is 9.53 Å². The molecule has 0 radical (unpaired) electrons. The lowest BCUT2D eigenvalue weighted by molar-refractivity contribution is -0.143. The number of hydrogen-bond acceptors (Lipinski definition) is 7. The third-order valence-corrected chi connectivity index (χ3v) is 7.25. The highest BCUT2D eigenvalue weighted by molar-refractivity contribution is 9.10. The standard InChI is InChI=1S/C29H31BrN2O5S/c1-7-35-22-14-19(13-21(30)26(22)36-16(2)3)15-23-27(33)32-25(20-11-9-8-10-12-20)24(28(34)37-17(4)5)18(6)31-29(32)38-23/h8-17,25H,7H2,1-6H3. The van der Waals surface area contributed by atoms with Crippen LogP contribution in [-0.4, -0.2) is 29.4 Å². The SMILES string of the molecule is CCOc1cc(C=c2sc3n(c2=O)C(c2ccccc2)C(C(=O)OC(C)C)=C(C)N=3)cc(Br)c1OC(C)C. The minimum Gasteiger partial charge on any atom is -0.490 e. The van der Waals surface area contributed by atoms with E-state index < -0.39 is 12.0 Å². The molecular formula is C29H31BrN2O5S. The van der Waals surface area contributed by atoms with Gasteiger partial charge >= 0.3 is 5.97 Å². The zero-order valence-electron chi connectivity index (χ0n) is 22.3. The maximum atomic E-state index is 13.8. The van der Waals surface area contributed by atoms with E-state index in [1.54, 1.807) is 25.3 Å². The third-order valence-electron chi connectivity index (χ3n) is 5.68. The molecule has 0 bridgehead atoms. The summed E-state index contributed by atoms with van der Waals surface area (Å²) in [6, 6.07) is 12.6. The van der Waals surface area contributed by atoms with Crippen molar-refractivity contribution in [1.82, 2.24) is 4.57 Å². The van der Waals surface area contributed by atoms with E-state index in [0.29, 0.717) is 38.7 Å². The summed E-state index contributed by atoms with van der Waals surface area (Å²) in [7, 11) is 0. The fraction of sp³-hybridized carbons (Fsp3) is 0.345. The van der Waals surface area contributed by atoms with E-state index in [-0.39, 0.29) is 17.8 Å². The molecule has 1 unspecified atom stereocenters. The van der Waals surface area contributed by atoms with Gasteiger partial charge in [-0.25, -0.2) is 9.79 Å². The zero-order valence-corrected chi connectivity index (χ0v) is 24.7. The Morgan fingerprint density at radius 2 is 1.87 bits per heavy atom. The number of benzene rings is 2. The number of carbonyl (C=O) groups excluding carboxylic acids is 1. The molecule has 38 heavy (non-hydrogen) atoms. The van der Waals surface area contributed by atoms with Gasteiger partial charge in [-0.05, 0) is 86.8 Å². The van der Waals surface area contributed by atoms with Crippen LogP contribution in [0.4, 0.5) is 0 Å². The number of aromatic nitrogens is 1. The summed E-state index contributed by atoms with van der Waals surface area (Å²) in [5.41, 5.74) is 2.24. The Morgan fingerprint density at radius 1 is 1.16 bits per heavy atom. The highest BCUT2D eigenvalue weighted by atomic mass is 79.9. The Hall–Kier alpha value is -3.17. The van der Waals surface area contributed by atoms with Crippen molar-refractivity contribution in [3.05, 3.63) is 89.0 Å². The van der Waals surface area contributed by atoms with E-state index in [1.807, 2.05) is 69.3 Å². The molecule has 0 saturated carbocycles. The number of carbonyl (C=O) groups is 1. The van der Waals surface area contributed by atoms with E-state index in [2.05, 4.69) is 20.9 Å². The van der Waals surface area contributed by atoms with Crippen LogP contribution < -0.4 is 24.4 Å². The van der Waals surface area contributed by atoms with Crippen molar-refractivity contribution in [2.24, 2.45) is 4.99 Å². The second kappa shape index (κ2) is 11.7. The number of rotatable bonds is 8. The Morgan fingerprint density at radius 3 is 2.50 bits per heavy atom. The van der Waals surface area contributed by atoms with E-state index in [4.69, 9.17) is 14.2 Å². The first-order valence-corrected chi connectivity index (χ1v) is 14.1. The molecule has 0 aliphatic carbocycles. The number of hydrogen-bond donors (Lipinski definition) is 0. The van der Waals surface area contributed by atoms with Crippen LogP contribution >= 0.6 is 27.3 Å². The summed E-state index contributed by atoms with van der Waals surface area (Å²) >= 11 is 4.88. The fourth-order valence-corrected chi connectivity index (χ4v) is 5.85. The summed E-state index contributed by atoms with van der Waals surface area (Å²) in [5.74, 6) is 0.732. The highest BCUT2D eigenvalue weighted by Gasteiger charge is 2.33. The maximum Gasteiger partial charge on any atom is 0.338 e. The summed E-state index contributed by atoms with van der Waals surface area (Å²) in [4.78, 5) is 32.2. The molecule has 0 N–H and O–H groups in total. The van der Waals surface area contributed by atoms with Gasteiger partial charge in [0.15, 0.2) is 16.3 Å². The van der Waals surface area contributed by atoms with Crippen molar-refractivity contribution in [2.75, 3.05) is 6.61 Å². The number of allylic oxidation sites excluding steroid dienone is 1. The molecule has 0 saturated heterocycles. The largest absolute Gasteiger partial charge is 0.490 e. The average Bonchev–Trinajstić information content (AvgIpc) is 3.14. The quantitative estimate of drug-likeness (QED) is 0.336. The molecule has 7 nitrogen and oxygen atoms in total. The first-order chi connectivity index (χ1) is 18.1. The first-order valence-electron chi connectivity index (χ1n) is 12.5. The Kier molecular flexibility index (Phi) is 8.57. The summed E-state index contributed by atoms with van der Waals surface area (Å²) < 4.78 is 20.1. The number of esters is 1. The minimum atomic E-state index is -0.645. The summed E-state index contributed by atoms with van der Waals surface area (Å²) in [5, 5.41) is 0. The van der Waals surface area contributed by atoms with Gasteiger partial charge in [0, 0.05) is 0 Å². The molecule has 9 heteroatoms. The number of nitrogens with zero attached hydrogens (tertiary/aromatic N) is 2. The van der Waals surface area contributed by atoms with E-state index >= 15 is 0 Å². The lowest BCUT2D eigenvalue weighted by atomic mass is 9.96. The lowest BCUT2D eigenvalue weighted by Gasteiger charge is -2.25. The van der Waals surface area contributed by atoms with Crippen molar-refractivity contribution in [3.63, 3.8) is 0 Å². The first kappa shape index (κ1) is 27.9. The van der Waals surface area contributed by atoms with Crippen LogP contribution in [0, 0.1) is 0 Å². The Balaban J connectivity index is 1.89. The molecule has 1 aliphatic heterocycles. The van der Waals surface area contributed by atoms with Crippen LogP contribution in [0.2, 0.25) is 0 Å². The number of halogens is 1. The smallest absolute Gasteiger partial charge is 0.338 e. The van der Waals surface area contributed by atoms with Gasteiger partial charge in [-0.3, -0.25) is 9.36 Å². The van der Waals surface area contributed by atoms with Gasteiger partial charge in [0.2, 0.25) is 0 Å². The number of thiazole rings is 1. The van der Waals surface area contributed by atoms with Gasteiger partial charge in [-0.1, -0.05) is 41.7 Å². The van der Waals surface area contributed by atoms with Crippen molar-refractivity contribution < 1.29 is 19.0 Å². The van der Waals surface area contributed by atoms with Crippen LogP contribution in [0.15, 0.2) is 68.0 Å². The summed E-state index contributed by atoms with van der Waals surface area (Å²) in [6.45, 7) is 11.7. The van der Waals surface area contributed by atoms with Crippen molar-refractivity contribution in [1.29, 1.82) is 0 Å². The second-order valence-corrected chi connectivity index (χ2v) is 11.2. The maximum absolute atomic E-state index is 13.8. The van der Waals surface area contributed by atoms with Gasteiger partial charge in [0.1, 0.15) is 0 Å². The van der Waals surface area contributed by atoms with Gasteiger partial charge in [0.25, 0.3) is 5.56 Å². The fourth-order valence-electron chi connectivity index (χ4n) is 4.25. The van der Waals surface area contributed by atoms with Crippen LogP contribution in [0.3, 0.4) is 0 Å². The highest BCUT2D eigenvalue weighted by Crippen LogP contribution is 2.38. The van der Waals surface area contributed by atoms with Gasteiger partial charge in [-0.15, -0.1) is 0 Å². The van der Waals surface area contributed by atoms with Gasteiger partial charge < -0.3 is 14.2 Å². The number of fused-ring (bicyclic) bond motifs is 1. The van der Waals surface area contributed by atoms with Crippen LogP contribution in [0.1, 0.15) is 58.7 Å². The monoisotopic (exact) mass is 598 g/mol. The average molecular weight is 600 g/mol. The van der Waals surface area contributed by atoms with Gasteiger partial charge in [-0.2, -0.15) is 0 Å². The third kappa shape index (κ3) is 5.78. The molecule has 0 spiro atoms. The molecule has 1 atom stereocenters. The molecule has 2 aromatic carbocycles. The van der Waals surface area contributed by atoms with Crippen LogP contribution in [0.5, 0.6) is 11.5 Å². The predicted octanol–water partition coefficient (Wildman–Crippen LogP) is 5.14. The predicted molar refractivity (Wildman–Crippen MR) is 153 cm³/mol. The van der Waals surface area contributed by atoms with E-state index in [0.717, 1.165) is 15.6 Å². The molecule has 1 aliphatic rings. The normalized spacial score (nSPS) is 15.5. The molecule has 200 valence electrons. The lowest BCUT2D eigenvalue weighted by Crippen LogP contribution is -2.40. The summed E-state index contributed by atoms with van der Waals surface area (Å²) in [6.07, 6.45) is 1.48. The molecular weight excluding hydrogens is 568 g/mol. The molecule has 4 rings (SSSR count). The van der Waals surface area contributed by atoms with Crippen molar-refractivity contribution >= 4 is 39.3 Å².